The number of thioether (sulfide) groups is 1. The fourth-order valence-electron chi connectivity index (χ4n) is 1.21. The van der Waals surface area contributed by atoms with Crippen molar-refractivity contribution in [2.75, 3.05) is 12.9 Å². The van der Waals surface area contributed by atoms with Crippen LogP contribution in [0.3, 0.4) is 0 Å². The van der Waals surface area contributed by atoms with Gasteiger partial charge in [-0.2, -0.15) is 13.2 Å². The highest BCUT2D eigenvalue weighted by atomic mass is 32.2. The molecule has 1 atom stereocenters. The molecule has 6 nitrogen and oxygen atoms in total. The van der Waals surface area contributed by atoms with Gasteiger partial charge in [0.05, 0.1) is 27.6 Å². The lowest BCUT2D eigenvalue weighted by Crippen LogP contribution is -2.16. The maximum atomic E-state index is 12.3. The second kappa shape index (κ2) is 6.89. The minimum absolute atomic E-state index is 0.0201. The smallest absolute Gasteiger partial charge is 0.468 e. The van der Waals surface area contributed by atoms with Crippen LogP contribution in [0.2, 0.25) is 0 Å². The second-order valence-electron chi connectivity index (χ2n) is 3.47. The number of nitro groups is 1. The zero-order chi connectivity index (χ0) is 16.2. The summed E-state index contributed by atoms with van der Waals surface area (Å²) in [6, 6.07) is 2.48. The van der Waals surface area contributed by atoms with E-state index < -0.39 is 37.8 Å². The molecule has 0 amide bonds. The van der Waals surface area contributed by atoms with E-state index in [0.717, 1.165) is 31.0 Å². The lowest BCUT2D eigenvalue weighted by Gasteiger charge is -2.07. The van der Waals surface area contributed by atoms with Gasteiger partial charge in [0.25, 0.3) is 5.69 Å². The van der Waals surface area contributed by atoms with Crippen molar-refractivity contribution in [3.05, 3.63) is 28.3 Å². The molecule has 0 saturated heterocycles. The minimum atomic E-state index is -5.01. The van der Waals surface area contributed by atoms with E-state index >= 15 is 0 Å². The Morgan fingerprint density at radius 1 is 1.48 bits per heavy atom. The molecule has 0 fully saturated rings. The van der Waals surface area contributed by atoms with Crippen LogP contribution in [0.25, 0.3) is 0 Å². The molecule has 1 rings (SSSR count). The number of benzene rings is 1. The third-order valence-corrected chi connectivity index (χ3v) is 4.26. The Kier molecular flexibility index (Phi) is 5.72. The van der Waals surface area contributed by atoms with E-state index in [-0.39, 0.29) is 10.6 Å². The summed E-state index contributed by atoms with van der Waals surface area (Å²) in [5.41, 5.74) is -5.66. The van der Waals surface area contributed by atoms with Gasteiger partial charge in [-0.05, 0) is 12.1 Å². The number of halogens is 3. The van der Waals surface area contributed by atoms with Crippen LogP contribution in [-0.2, 0) is 20.3 Å². The van der Waals surface area contributed by atoms with E-state index in [1.165, 1.54) is 0 Å². The summed E-state index contributed by atoms with van der Waals surface area (Å²) >= 11 is 0.740. The van der Waals surface area contributed by atoms with Crippen LogP contribution in [0.1, 0.15) is 0 Å². The van der Waals surface area contributed by atoms with Crippen LogP contribution in [0, 0.1) is 10.1 Å². The first-order chi connectivity index (χ1) is 9.66. The van der Waals surface area contributed by atoms with Gasteiger partial charge >= 0.3 is 11.5 Å². The highest BCUT2D eigenvalue weighted by molar-refractivity contribution is 8.00. The third kappa shape index (κ3) is 4.70. The number of nitro benzene ring substituents is 1. The van der Waals surface area contributed by atoms with Gasteiger partial charge in [0.2, 0.25) is 0 Å². The van der Waals surface area contributed by atoms with E-state index in [1.807, 2.05) is 0 Å². The average Bonchev–Trinajstić information content (AvgIpc) is 2.42. The minimum Gasteiger partial charge on any atom is -0.468 e. The number of alkyl halides is 3. The lowest BCUT2D eigenvalue weighted by molar-refractivity contribution is -0.387. The molecule has 0 aliphatic carbocycles. The van der Waals surface area contributed by atoms with Crippen molar-refractivity contribution in [1.82, 2.24) is 0 Å². The Morgan fingerprint density at radius 2 is 2.10 bits per heavy atom. The standard InChI is InChI=1S/C10H8F3NO5S2/c1-19-9(15)5-20-8-3-2-6(4-7(8)14(16)17)21(18)10(11,12)13/h2-4H,5H2,1H3. The number of rotatable bonds is 5. The van der Waals surface area contributed by atoms with Gasteiger partial charge < -0.3 is 4.74 Å². The van der Waals surface area contributed by atoms with E-state index in [4.69, 9.17) is 0 Å². The van der Waals surface area contributed by atoms with E-state index in [9.17, 15) is 32.3 Å². The number of esters is 1. The van der Waals surface area contributed by atoms with Crippen LogP contribution in [0.4, 0.5) is 18.9 Å². The third-order valence-electron chi connectivity index (χ3n) is 2.12. The summed E-state index contributed by atoms with van der Waals surface area (Å²) in [4.78, 5) is 20.2. The number of ether oxygens (including phenoxy) is 1. The molecule has 0 heterocycles. The maximum Gasteiger partial charge on any atom is 0.475 e. The quantitative estimate of drug-likeness (QED) is 0.353. The van der Waals surface area contributed by atoms with Crippen molar-refractivity contribution in [2.45, 2.75) is 15.3 Å². The number of hydrogen-bond donors (Lipinski definition) is 0. The highest BCUT2D eigenvalue weighted by Crippen LogP contribution is 2.34. The van der Waals surface area contributed by atoms with Crippen molar-refractivity contribution in [3.63, 3.8) is 0 Å². The number of hydrogen-bond acceptors (Lipinski definition) is 6. The van der Waals surface area contributed by atoms with Crippen molar-refractivity contribution in [3.8, 4) is 0 Å². The number of nitrogens with zero attached hydrogens (tertiary/aromatic N) is 1. The van der Waals surface area contributed by atoms with Gasteiger partial charge in [-0.1, -0.05) is 0 Å². The number of carbonyl (C=O) groups excluding carboxylic acids is 1. The second-order valence-corrected chi connectivity index (χ2v) is 5.95. The van der Waals surface area contributed by atoms with Gasteiger partial charge in [0, 0.05) is 6.07 Å². The predicted octanol–water partition coefficient (Wildman–Crippen LogP) is 2.49. The van der Waals surface area contributed by atoms with Crippen molar-refractivity contribution in [1.29, 1.82) is 0 Å². The molecule has 116 valence electrons. The summed E-state index contributed by atoms with van der Waals surface area (Å²) in [6.07, 6.45) is 0. The Bertz CT molecular complexity index is 591. The Hall–Kier alpha value is -1.62. The molecule has 0 aliphatic rings. The Balaban J connectivity index is 3.11. The van der Waals surface area contributed by atoms with E-state index in [0.29, 0.717) is 6.07 Å². The van der Waals surface area contributed by atoms with Gasteiger partial charge in [0.15, 0.2) is 10.8 Å². The highest BCUT2D eigenvalue weighted by Gasteiger charge is 2.38. The SMILES string of the molecule is COC(=O)CSc1ccc(S(=O)C(F)(F)F)cc1[N+](=O)[O-]. The first-order valence-electron chi connectivity index (χ1n) is 5.13. The van der Waals surface area contributed by atoms with E-state index in [2.05, 4.69) is 4.74 Å². The predicted molar refractivity (Wildman–Crippen MR) is 68.3 cm³/mol. The van der Waals surface area contributed by atoms with E-state index in [1.54, 1.807) is 0 Å². The molecule has 1 unspecified atom stereocenters. The average molecular weight is 343 g/mol. The molecule has 0 aliphatic heterocycles. The fraction of sp³-hybridized carbons (Fsp3) is 0.300. The molecule has 0 spiro atoms. The first-order valence-corrected chi connectivity index (χ1v) is 7.27. The molecule has 0 radical (unpaired) electrons. The van der Waals surface area contributed by atoms with Gasteiger partial charge in [-0.15, -0.1) is 11.8 Å². The molecule has 0 N–H and O–H groups in total. The summed E-state index contributed by atoms with van der Waals surface area (Å²) < 4.78 is 52.5. The Labute approximate surface area is 123 Å². The summed E-state index contributed by atoms with van der Waals surface area (Å²) in [5, 5.41) is 10.9. The van der Waals surface area contributed by atoms with Crippen LogP contribution >= 0.6 is 11.8 Å². The van der Waals surface area contributed by atoms with Crippen LogP contribution in [0.15, 0.2) is 28.0 Å². The number of carbonyl (C=O) groups is 1. The molecule has 1 aromatic carbocycles. The molecule has 0 aromatic heterocycles. The Morgan fingerprint density at radius 3 is 2.57 bits per heavy atom. The monoisotopic (exact) mass is 343 g/mol. The maximum absolute atomic E-state index is 12.3. The molecule has 0 bridgehead atoms. The van der Waals surface area contributed by atoms with Crippen LogP contribution < -0.4 is 0 Å². The van der Waals surface area contributed by atoms with Crippen LogP contribution in [-0.4, -0.2) is 33.5 Å². The molecule has 0 saturated carbocycles. The molecular weight excluding hydrogens is 335 g/mol. The molecule has 11 heteroatoms. The van der Waals surface area contributed by atoms with Gasteiger partial charge in [-0.25, -0.2) is 4.21 Å². The first kappa shape index (κ1) is 17.4. The van der Waals surface area contributed by atoms with Crippen molar-refractivity contribution >= 4 is 34.2 Å². The normalized spacial score (nSPS) is 12.8. The molecule has 21 heavy (non-hydrogen) atoms. The topological polar surface area (TPSA) is 86.5 Å². The van der Waals surface area contributed by atoms with Crippen LogP contribution in [0.5, 0.6) is 0 Å². The summed E-state index contributed by atoms with van der Waals surface area (Å²) in [5.74, 6) is -0.878. The lowest BCUT2D eigenvalue weighted by atomic mass is 10.3. The number of methoxy groups -OCH3 is 1. The van der Waals surface area contributed by atoms with Gasteiger partial charge in [-0.3, -0.25) is 14.9 Å². The zero-order valence-corrected chi connectivity index (χ0v) is 12.0. The molecular formula is C10H8F3NO5S2. The zero-order valence-electron chi connectivity index (χ0n) is 10.4. The van der Waals surface area contributed by atoms with Gasteiger partial charge in [0.1, 0.15) is 0 Å². The summed E-state index contributed by atoms with van der Waals surface area (Å²) in [6.45, 7) is 0. The fourth-order valence-corrected chi connectivity index (χ4v) is 2.72. The largest absolute Gasteiger partial charge is 0.475 e. The van der Waals surface area contributed by atoms with Crippen molar-refractivity contribution < 1.29 is 31.8 Å². The van der Waals surface area contributed by atoms with Crippen molar-refractivity contribution in [2.24, 2.45) is 0 Å². The summed E-state index contributed by atoms with van der Waals surface area (Å²) in [7, 11) is -2.22. The molecule has 1 aromatic rings.